The topological polar surface area (TPSA) is 43.4 Å². The van der Waals surface area contributed by atoms with Gasteiger partial charge in [0.25, 0.3) is 0 Å². The third-order valence-electron chi connectivity index (χ3n) is 3.85. The molecule has 0 fully saturated rings. The number of ether oxygens (including phenoxy) is 1. The van der Waals surface area contributed by atoms with E-state index in [1.54, 1.807) is 0 Å². The molecule has 27 heavy (non-hydrogen) atoms. The Morgan fingerprint density at radius 2 is 1.74 bits per heavy atom. The van der Waals surface area contributed by atoms with Gasteiger partial charge in [-0.25, -0.2) is 4.39 Å². The van der Waals surface area contributed by atoms with Gasteiger partial charge in [0.15, 0.2) is 5.78 Å². The van der Waals surface area contributed by atoms with E-state index < -0.39 is 23.3 Å². The molecule has 0 amide bonds. The SMILES string of the molecule is CC(=O)CCC(=O)C1=CC(C(F)(F)F)=CCC=C1OCc1ccc(F)cc1. The van der Waals surface area contributed by atoms with Crippen LogP contribution in [0.1, 0.15) is 31.7 Å². The van der Waals surface area contributed by atoms with Crippen molar-refractivity contribution in [3.8, 4) is 0 Å². The fraction of sp³-hybridized carbons (Fsp3) is 0.300. The normalized spacial score (nSPS) is 14.6. The summed E-state index contributed by atoms with van der Waals surface area (Å²) in [6, 6.07) is 5.43. The Hall–Kier alpha value is -2.70. The Morgan fingerprint density at radius 1 is 1.07 bits per heavy atom. The van der Waals surface area contributed by atoms with Crippen LogP contribution in [0.3, 0.4) is 0 Å². The number of alkyl halides is 3. The lowest BCUT2D eigenvalue weighted by molar-refractivity contribution is -0.121. The molecule has 0 saturated heterocycles. The number of allylic oxidation sites excluding steroid dienone is 5. The molecule has 0 N–H and O–H groups in total. The largest absolute Gasteiger partial charge is 0.488 e. The van der Waals surface area contributed by atoms with E-state index in [0.717, 1.165) is 12.2 Å². The molecule has 0 aromatic heterocycles. The second-order valence-electron chi connectivity index (χ2n) is 6.06. The van der Waals surface area contributed by atoms with Crippen molar-refractivity contribution in [2.75, 3.05) is 0 Å². The zero-order valence-corrected chi connectivity index (χ0v) is 14.6. The van der Waals surface area contributed by atoms with Crippen LogP contribution in [0.2, 0.25) is 0 Å². The van der Waals surface area contributed by atoms with Crippen LogP contribution < -0.4 is 0 Å². The first-order valence-corrected chi connectivity index (χ1v) is 8.26. The molecule has 1 aromatic rings. The second-order valence-corrected chi connectivity index (χ2v) is 6.06. The summed E-state index contributed by atoms with van der Waals surface area (Å²) >= 11 is 0. The van der Waals surface area contributed by atoms with Crippen LogP contribution in [0, 0.1) is 5.82 Å². The number of ketones is 2. The van der Waals surface area contributed by atoms with E-state index in [4.69, 9.17) is 4.74 Å². The lowest BCUT2D eigenvalue weighted by atomic mass is 10.0. The number of benzene rings is 1. The third kappa shape index (κ3) is 6.20. The first-order valence-electron chi connectivity index (χ1n) is 8.26. The number of hydrogen-bond donors (Lipinski definition) is 0. The summed E-state index contributed by atoms with van der Waals surface area (Å²) in [6.07, 6.45) is -1.83. The van der Waals surface area contributed by atoms with Crippen LogP contribution in [0.25, 0.3) is 0 Å². The molecule has 1 aromatic carbocycles. The van der Waals surface area contributed by atoms with Gasteiger partial charge in [0, 0.05) is 12.8 Å². The number of carbonyl (C=O) groups is 2. The molecule has 0 aliphatic heterocycles. The summed E-state index contributed by atoms with van der Waals surface area (Å²) in [6.45, 7) is 1.27. The minimum absolute atomic E-state index is 0.0170. The molecular formula is C20H18F4O3. The Labute approximate surface area is 154 Å². The monoisotopic (exact) mass is 382 g/mol. The van der Waals surface area contributed by atoms with Gasteiger partial charge in [-0.05, 0) is 43.2 Å². The molecule has 1 aliphatic rings. The molecule has 3 nitrogen and oxygen atoms in total. The second kappa shape index (κ2) is 8.79. The number of rotatable bonds is 7. The van der Waals surface area contributed by atoms with E-state index in [-0.39, 0.29) is 43.0 Å². The maximum absolute atomic E-state index is 13.1. The van der Waals surface area contributed by atoms with Gasteiger partial charge < -0.3 is 9.53 Å². The van der Waals surface area contributed by atoms with Crippen molar-refractivity contribution in [2.45, 2.75) is 39.0 Å². The zero-order valence-electron chi connectivity index (χ0n) is 14.6. The van der Waals surface area contributed by atoms with Crippen LogP contribution in [0.15, 0.2) is 59.4 Å². The highest BCUT2D eigenvalue weighted by atomic mass is 19.4. The smallest absolute Gasteiger partial charge is 0.416 e. The minimum Gasteiger partial charge on any atom is -0.488 e. The molecule has 0 unspecified atom stereocenters. The van der Waals surface area contributed by atoms with Crippen molar-refractivity contribution < 1.29 is 31.9 Å². The van der Waals surface area contributed by atoms with Crippen LogP contribution in [-0.2, 0) is 20.9 Å². The van der Waals surface area contributed by atoms with E-state index in [1.807, 2.05) is 0 Å². The van der Waals surface area contributed by atoms with Crippen LogP contribution >= 0.6 is 0 Å². The highest BCUT2D eigenvalue weighted by molar-refractivity contribution is 6.01. The summed E-state index contributed by atoms with van der Waals surface area (Å²) in [5, 5.41) is 0. The zero-order chi connectivity index (χ0) is 20.0. The van der Waals surface area contributed by atoms with Gasteiger partial charge in [0.05, 0.1) is 11.1 Å². The molecule has 144 valence electrons. The molecule has 0 saturated carbocycles. The maximum Gasteiger partial charge on any atom is 0.416 e. The maximum atomic E-state index is 13.1. The standard InChI is InChI=1S/C20H18F4O3/c1-13(25)5-10-18(26)17-11-15(20(22,23)24)3-2-4-19(17)27-12-14-6-8-16(21)9-7-14/h3-4,6-9,11H,2,5,10,12H2,1H3. The molecular weight excluding hydrogens is 364 g/mol. The minimum atomic E-state index is -4.60. The number of carbonyl (C=O) groups excluding carboxylic acids is 2. The van der Waals surface area contributed by atoms with E-state index in [9.17, 15) is 27.2 Å². The van der Waals surface area contributed by atoms with Gasteiger partial charge in [-0.1, -0.05) is 18.2 Å². The fourth-order valence-corrected chi connectivity index (χ4v) is 2.41. The van der Waals surface area contributed by atoms with E-state index in [1.165, 1.54) is 37.3 Å². The number of hydrogen-bond acceptors (Lipinski definition) is 3. The first kappa shape index (κ1) is 20.6. The molecule has 1 aliphatic carbocycles. The van der Waals surface area contributed by atoms with Gasteiger partial charge in [0.2, 0.25) is 0 Å². The summed E-state index contributed by atoms with van der Waals surface area (Å²) < 4.78 is 57.8. The molecule has 0 radical (unpaired) electrons. The predicted octanol–water partition coefficient (Wildman–Crippen LogP) is 4.98. The average molecular weight is 382 g/mol. The number of halogens is 4. The average Bonchev–Trinajstić information content (AvgIpc) is 2.81. The van der Waals surface area contributed by atoms with Gasteiger partial charge in [-0.2, -0.15) is 13.2 Å². The molecule has 7 heteroatoms. The molecule has 2 rings (SSSR count). The lowest BCUT2D eigenvalue weighted by Crippen LogP contribution is -2.14. The highest BCUT2D eigenvalue weighted by Gasteiger charge is 2.34. The van der Waals surface area contributed by atoms with Crippen LogP contribution in [-0.4, -0.2) is 17.7 Å². The molecule has 0 heterocycles. The van der Waals surface area contributed by atoms with E-state index >= 15 is 0 Å². The van der Waals surface area contributed by atoms with Gasteiger partial charge in [0.1, 0.15) is 24.0 Å². The Bertz CT molecular complexity index is 800. The Kier molecular flexibility index (Phi) is 6.71. The fourth-order valence-electron chi connectivity index (χ4n) is 2.41. The molecule has 0 atom stereocenters. The molecule has 0 spiro atoms. The number of Topliss-reactive ketones (excluding diaryl/α,β-unsaturated/α-hetero) is 2. The first-order chi connectivity index (χ1) is 12.7. The van der Waals surface area contributed by atoms with Crippen molar-refractivity contribution in [1.29, 1.82) is 0 Å². The van der Waals surface area contributed by atoms with E-state index in [0.29, 0.717) is 5.56 Å². The van der Waals surface area contributed by atoms with Crippen molar-refractivity contribution >= 4 is 11.6 Å². The summed E-state index contributed by atoms with van der Waals surface area (Å²) in [4.78, 5) is 23.5. The van der Waals surface area contributed by atoms with Crippen LogP contribution in [0.4, 0.5) is 17.6 Å². The Morgan fingerprint density at radius 3 is 2.33 bits per heavy atom. The van der Waals surface area contributed by atoms with Gasteiger partial charge in [-0.15, -0.1) is 0 Å². The summed E-state index contributed by atoms with van der Waals surface area (Å²) in [5.41, 5.74) is -0.564. The highest BCUT2D eigenvalue weighted by Crippen LogP contribution is 2.32. The van der Waals surface area contributed by atoms with Crippen molar-refractivity contribution in [3.63, 3.8) is 0 Å². The van der Waals surface area contributed by atoms with Gasteiger partial charge in [-0.3, -0.25) is 4.79 Å². The summed E-state index contributed by atoms with van der Waals surface area (Å²) in [7, 11) is 0. The molecule has 0 bridgehead atoms. The van der Waals surface area contributed by atoms with E-state index in [2.05, 4.69) is 0 Å². The Balaban J connectivity index is 2.24. The quantitative estimate of drug-likeness (QED) is 0.625. The lowest BCUT2D eigenvalue weighted by Gasteiger charge is -2.14. The summed E-state index contributed by atoms with van der Waals surface area (Å²) in [5.74, 6) is -1.25. The van der Waals surface area contributed by atoms with Crippen LogP contribution in [0.5, 0.6) is 0 Å². The van der Waals surface area contributed by atoms with Crippen molar-refractivity contribution in [3.05, 3.63) is 70.8 Å². The third-order valence-corrected chi connectivity index (χ3v) is 3.85. The predicted molar refractivity (Wildman–Crippen MR) is 91.0 cm³/mol. The van der Waals surface area contributed by atoms with Crippen molar-refractivity contribution in [2.24, 2.45) is 0 Å². The van der Waals surface area contributed by atoms with Gasteiger partial charge >= 0.3 is 6.18 Å². The van der Waals surface area contributed by atoms with Crippen molar-refractivity contribution in [1.82, 2.24) is 0 Å².